The number of nitrogens with zero attached hydrogens (tertiary/aromatic N) is 1. The van der Waals surface area contributed by atoms with Crippen molar-refractivity contribution in [3.8, 4) is 0 Å². The van der Waals surface area contributed by atoms with Gasteiger partial charge in [0.2, 0.25) is 5.91 Å². The standard InChI is InChI=1S/C18H22F3N3O2/c19-18(20,21)13-5-1-4-12(10-13)17(7-3-8-17)11-23-15(25)14-6-2-9-24(14)16(22)26/h1,4-5,10,14H,2-3,6-9,11H2,(H2,22,26)(H,23,25)/t14-/m0/s1. The molecule has 1 aliphatic carbocycles. The van der Waals surface area contributed by atoms with Crippen molar-refractivity contribution in [3.05, 3.63) is 35.4 Å². The number of likely N-dealkylation sites (tertiary alicyclic amines) is 1. The molecule has 0 spiro atoms. The molecule has 3 N–H and O–H groups in total. The smallest absolute Gasteiger partial charge is 0.353 e. The van der Waals surface area contributed by atoms with Crippen LogP contribution in [0.1, 0.15) is 43.2 Å². The summed E-state index contributed by atoms with van der Waals surface area (Å²) in [7, 11) is 0. The molecule has 142 valence electrons. The number of halogens is 3. The second kappa shape index (κ2) is 6.81. The minimum absolute atomic E-state index is 0.260. The van der Waals surface area contributed by atoms with E-state index in [2.05, 4.69) is 5.32 Å². The highest BCUT2D eigenvalue weighted by Gasteiger charge is 2.42. The molecule has 3 amide bonds. The summed E-state index contributed by atoms with van der Waals surface area (Å²) in [5.41, 5.74) is 4.73. The number of nitrogens with two attached hydrogens (primary N) is 1. The molecule has 2 fully saturated rings. The molecule has 26 heavy (non-hydrogen) atoms. The average molecular weight is 369 g/mol. The summed E-state index contributed by atoms with van der Waals surface area (Å²) in [4.78, 5) is 25.2. The monoisotopic (exact) mass is 369 g/mol. The maximum Gasteiger partial charge on any atom is 0.416 e. The molecule has 1 aliphatic heterocycles. The summed E-state index contributed by atoms with van der Waals surface area (Å²) < 4.78 is 39.0. The van der Waals surface area contributed by atoms with Gasteiger partial charge in [0.1, 0.15) is 6.04 Å². The third-order valence-electron chi connectivity index (χ3n) is 5.55. The first kappa shape index (κ1) is 18.5. The first-order valence-corrected chi connectivity index (χ1v) is 8.74. The zero-order valence-corrected chi connectivity index (χ0v) is 14.3. The fraction of sp³-hybridized carbons (Fsp3) is 0.556. The van der Waals surface area contributed by atoms with Crippen molar-refractivity contribution >= 4 is 11.9 Å². The molecule has 1 saturated carbocycles. The number of carbonyl (C=O) groups excluding carboxylic acids is 2. The van der Waals surface area contributed by atoms with Crippen LogP contribution in [-0.2, 0) is 16.4 Å². The topological polar surface area (TPSA) is 75.4 Å². The predicted molar refractivity (Wildman–Crippen MR) is 89.3 cm³/mol. The van der Waals surface area contributed by atoms with Gasteiger partial charge in [-0.3, -0.25) is 4.79 Å². The highest BCUT2D eigenvalue weighted by atomic mass is 19.4. The van der Waals surface area contributed by atoms with Crippen molar-refractivity contribution in [3.63, 3.8) is 0 Å². The molecule has 8 heteroatoms. The fourth-order valence-electron chi connectivity index (χ4n) is 3.87. The van der Waals surface area contributed by atoms with Crippen molar-refractivity contribution in [2.75, 3.05) is 13.1 Å². The summed E-state index contributed by atoms with van der Waals surface area (Å²) in [6, 6.07) is 4.11. The lowest BCUT2D eigenvalue weighted by molar-refractivity contribution is -0.137. The van der Waals surface area contributed by atoms with Gasteiger partial charge < -0.3 is 16.0 Å². The van der Waals surface area contributed by atoms with Gasteiger partial charge in [-0.05, 0) is 37.3 Å². The van der Waals surface area contributed by atoms with Gasteiger partial charge in [-0.2, -0.15) is 13.2 Å². The number of benzene rings is 1. The quantitative estimate of drug-likeness (QED) is 0.856. The molecule has 2 aliphatic rings. The molecule has 0 radical (unpaired) electrons. The Morgan fingerprint density at radius 2 is 2.00 bits per heavy atom. The normalized spacial score (nSPS) is 22.0. The molecule has 5 nitrogen and oxygen atoms in total. The van der Waals surface area contributed by atoms with Gasteiger partial charge in [0.15, 0.2) is 0 Å². The summed E-state index contributed by atoms with van der Waals surface area (Å²) in [5, 5.41) is 2.84. The van der Waals surface area contributed by atoms with Crippen LogP contribution in [0.4, 0.5) is 18.0 Å². The minimum atomic E-state index is -4.39. The van der Waals surface area contributed by atoms with Crippen molar-refractivity contribution < 1.29 is 22.8 Å². The van der Waals surface area contributed by atoms with E-state index in [1.165, 1.54) is 17.0 Å². The van der Waals surface area contributed by atoms with Gasteiger partial charge >= 0.3 is 12.2 Å². The van der Waals surface area contributed by atoms with E-state index in [4.69, 9.17) is 5.73 Å². The van der Waals surface area contributed by atoms with Gasteiger partial charge in [0.25, 0.3) is 0 Å². The molecule has 1 aromatic rings. The summed E-state index contributed by atoms with van der Waals surface area (Å²) >= 11 is 0. The minimum Gasteiger partial charge on any atom is -0.353 e. The summed E-state index contributed by atoms with van der Waals surface area (Å²) in [6.07, 6.45) is -0.790. The Bertz CT molecular complexity index is 701. The Labute approximate surface area is 149 Å². The number of primary amides is 1. The number of alkyl halides is 3. The van der Waals surface area contributed by atoms with Gasteiger partial charge in [0.05, 0.1) is 5.56 Å². The Hall–Kier alpha value is -2.25. The molecule has 1 saturated heterocycles. The average Bonchev–Trinajstić information content (AvgIpc) is 3.03. The maximum absolute atomic E-state index is 13.0. The van der Waals surface area contributed by atoms with Gasteiger partial charge in [-0.1, -0.05) is 24.6 Å². The number of urea groups is 1. The number of carbonyl (C=O) groups is 2. The van der Waals surface area contributed by atoms with E-state index in [-0.39, 0.29) is 12.5 Å². The predicted octanol–water partition coefficient (Wildman–Crippen LogP) is 2.79. The van der Waals surface area contributed by atoms with Crippen molar-refractivity contribution in [1.82, 2.24) is 10.2 Å². The number of amides is 3. The lowest BCUT2D eigenvalue weighted by Crippen LogP contribution is -2.52. The Morgan fingerprint density at radius 1 is 1.27 bits per heavy atom. The van der Waals surface area contributed by atoms with Crippen LogP contribution in [0.25, 0.3) is 0 Å². The van der Waals surface area contributed by atoms with E-state index in [1.54, 1.807) is 6.07 Å². The maximum atomic E-state index is 13.0. The Kier molecular flexibility index (Phi) is 4.86. The summed E-state index contributed by atoms with van der Waals surface area (Å²) in [5.74, 6) is -0.292. The molecule has 0 unspecified atom stereocenters. The van der Waals surface area contributed by atoms with Crippen molar-refractivity contribution in [1.29, 1.82) is 0 Å². The highest BCUT2D eigenvalue weighted by molar-refractivity contribution is 5.87. The molecular weight excluding hydrogens is 347 g/mol. The first-order chi connectivity index (χ1) is 12.2. The second-order valence-corrected chi connectivity index (χ2v) is 7.12. The molecule has 0 bridgehead atoms. The van der Waals surface area contributed by atoms with E-state index in [9.17, 15) is 22.8 Å². The highest BCUT2D eigenvalue weighted by Crippen LogP contribution is 2.44. The number of hydrogen-bond donors (Lipinski definition) is 2. The van der Waals surface area contributed by atoms with Crippen molar-refractivity contribution in [2.24, 2.45) is 5.73 Å². The van der Waals surface area contributed by atoms with Crippen LogP contribution < -0.4 is 11.1 Å². The largest absolute Gasteiger partial charge is 0.416 e. The van der Waals surface area contributed by atoms with E-state index < -0.39 is 29.2 Å². The Morgan fingerprint density at radius 3 is 2.58 bits per heavy atom. The Balaban J connectivity index is 1.71. The van der Waals surface area contributed by atoms with E-state index in [0.717, 1.165) is 25.3 Å². The van der Waals surface area contributed by atoms with Crippen molar-refractivity contribution in [2.45, 2.75) is 49.7 Å². The zero-order chi connectivity index (χ0) is 18.9. The lowest BCUT2D eigenvalue weighted by Gasteiger charge is -2.43. The molecule has 1 aromatic carbocycles. The number of nitrogens with one attached hydrogen (secondary N) is 1. The van der Waals surface area contributed by atoms with Crippen LogP contribution in [0.3, 0.4) is 0 Å². The molecule has 0 aromatic heterocycles. The van der Waals surface area contributed by atoms with E-state index >= 15 is 0 Å². The summed E-state index contributed by atoms with van der Waals surface area (Å²) in [6.45, 7) is 0.711. The van der Waals surface area contributed by atoms with Gasteiger partial charge in [0, 0.05) is 18.5 Å². The van der Waals surface area contributed by atoms with Gasteiger partial charge in [-0.25, -0.2) is 4.79 Å². The van der Waals surface area contributed by atoms with Crippen LogP contribution >= 0.6 is 0 Å². The fourth-order valence-corrected chi connectivity index (χ4v) is 3.87. The van der Waals surface area contributed by atoms with Crippen LogP contribution in [-0.4, -0.2) is 36.0 Å². The first-order valence-electron chi connectivity index (χ1n) is 8.74. The second-order valence-electron chi connectivity index (χ2n) is 7.12. The zero-order valence-electron chi connectivity index (χ0n) is 14.3. The van der Waals surface area contributed by atoms with Crippen LogP contribution in [0.5, 0.6) is 0 Å². The van der Waals surface area contributed by atoms with Crippen LogP contribution in [0, 0.1) is 0 Å². The molecule has 3 rings (SSSR count). The number of hydrogen-bond acceptors (Lipinski definition) is 2. The molecule has 1 heterocycles. The molecule has 1 atom stereocenters. The van der Waals surface area contributed by atoms with Crippen LogP contribution in [0.15, 0.2) is 24.3 Å². The third-order valence-corrected chi connectivity index (χ3v) is 5.55. The van der Waals surface area contributed by atoms with Crippen LogP contribution in [0.2, 0.25) is 0 Å². The number of rotatable bonds is 4. The lowest BCUT2D eigenvalue weighted by atomic mass is 9.64. The SMILES string of the molecule is NC(=O)N1CCC[C@H]1C(=O)NCC1(c2cccc(C(F)(F)F)c2)CCC1. The van der Waals surface area contributed by atoms with Gasteiger partial charge in [-0.15, -0.1) is 0 Å². The van der Waals surface area contributed by atoms with E-state index in [0.29, 0.717) is 24.9 Å². The van der Waals surface area contributed by atoms with E-state index in [1.807, 2.05) is 0 Å². The third kappa shape index (κ3) is 3.50. The molecular formula is C18H22F3N3O2.